The number of aliphatic hydroxyl groups is 1. The Labute approximate surface area is 112 Å². The lowest BCUT2D eigenvalue weighted by Gasteiger charge is -2.07. The van der Waals surface area contributed by atoms with Gasteiger partial charge in [0.2, 0.25) is 5.91 Å². The van der Waals surface area contributed by atoms with E-state index < -0.39 is 0 Å². The van der Waals surface area contributed by atoms with Gasteiger partial charge in [0.15, 0.2) is 0 Å². The van der Waals surface area contributed by atoms with Crippen molar-refractivity contribution in [1.82, 2.24) is 5.32 Å². The Bertz CT molecular complexity index is 581. The minimum Gasteiger partial charge on any atom is -0.491 e. The van der Waals surface area contributed by atoms with E-state index in [0.717, 1.165) is 22.1 Å². The molecule has 0 spiro atoms. The van der Waals surface area contributed by atoms with Crippen LogP contribution >= 0.6 is 0 Å². The summed E-state index contributed by atoms with van der Waals surface area (Å²) in [5.41, 5.74) is 1.06. The summed E-state index contributed by atoms with van der Waals surface area (Å²) in [6.45, 7) is 2.35. The third-order valence-corrected chi connectivity index (χ3v) is 2.78. The predicted octanol–water partition coefficient (Wildman–Crippen LogP) is 1.85. The lowest BCUT2D eigenvalue weighted by molar-refractivity contribution is -0.119. The Morgan fingerprint density at radius 1 is 1.21 bits per heavy atom. The van der Waals surface area contributed by atoms with Gasteiger partial charge < -0.3 is 15.2 Å². The number of fused-ring (bicyclic) bond motifs is 1. The number of carbonyl (C=O) groups excluding carboxylic acids is 1. The third kappa shape index (κ3) is 3.69. The van der Waals surface area contributed by atoms with Gasteiger partial charge in [0.05, 0.1) is 6.61 Å². The molecule has 0 aliphatic heterocycles. The Hall–Kier alpha value is -2.07. The molecule has 0 saturated heterocycles. The quantitative estimate of drug-likeness (QED) is 0.861. The van der Waals surface area contributed by atoms with Crippen molar-refractivity contribution in [3.63, 3.8) is 0 Å². The number of hydrogen-bond acceptors (Lipinski definition) is 3. The van der Waals surface area contributed by atoms with Crippen molar-refractivity contribution in [1.29, 1.82) is 0 Å². The van der Waals surface area contributed by atoms with Gasteiger partial charge in [-0.15, -0.1) is 0 Å². The van der Waals surface area contributed by atoms with Crippen LogP contribution in [-0.2, 0) is 11.3 Å². The number of hydrogen-bond donors (Lipinski definition) is 2. The molecule has 0 aromatic heterocycles. The average Bonchev–Trinajstić information content (AvgIpc) is 2.42. The maximum absolute atomic E-state index is 10.9. The highest BCUT2D eigenvalue weighted by molar-refractivity contribution is 5.84. The third-order valence-electron chi connectivity index (χ3n) is 2.78. The van der Waals surface area contributed by atoms with Crippen LogP contribution in [0.1, 0.15) is 12.5 Å². The summed E-state index contributed by atoms with van der Waals surface area (Å²) in [7, 11) is 0. The largest absolute Gasteiger partial charge is 0.491 e. The van der Waals surface area contributed by atoms with E-state index in [9.17, 15) is 4.79 Å². The lowest BCUT2D eigenvalue weighted by atomic mass is 10.1. The van der Waals surface area contributed by atoms with Crippen LogP contribution in [0.15, 0.2) is 36.4 Å². The van der Waals surface area contributed by atoms with Crippen LogP contribution in [0.5, 0.6) is 5.75 Å². The number of amides is 1. The summed E-state index contributed by atoms with van der Waals surface area (Å²) >= 11 is 0. The van der Waals surface area contributed by atoms with E-state index in [4.69, 9.17) is 9.84 Å². The molecular formula is C15H17NO3. The molecule has 0 aliphatic carbocycles. The number of rotatable bonds is 5. The van der Waals surface area contributed by atoms with Gasteiger partial charge in [-0.25, -0.2) is 0 Å². The molecule has 0 bridgehead atoms. The summed E-state index contributed by atoms with van der Waals surface area (Å²) in [4.78, 5) is 10.9. The lowest BCUT2D eigenvalue weighted by Crippen LogP contribution is -2.18. The Kier molecular flexibility index (Phi) is 4.36. The zero-order valence-corrected chi connectivity index (χ0v) is 10.8. The summed E-state index contributed by atoms with van der Waals surface area (Å²) < 4.78 is 5.37. The Balaban J connectivity index is 2.17. The number of nitrogens with one attached hydrogen (secondary N) is 1. The van der Waals surface area contributed by atoms with E-state index in [1.807, 2.05) is 36.4 Å². The van der Waals surface area contributed by atoms with Crippen LogP contribution in [-0.4, -0.2) is 24.2 Å². The van der Waals surface area contributed by atoms with Gasteiger partial charge in [-0.05, 0) is 34.5 Å². The topological polar surface area (TPSA) is 58.6 Å². The zero-order valence-electron chi connectivity index (χ0n) is 10.8. The monoisotopic (exact) mass is 259 g/mol. The predicted molar refractivity (Wildman–Crippen MR) is 74.0 cm³/mol. The molecule has 0 fully saturated rings. The van der Waals surface area contributed by atoms with Crippen molar-refractivity contribution in [3.8, 4) is 5.75 Å². The van der Waals surface area contributed by atoms with E-state index in [0.29, 0.717) is 13.2 Å². The maximum atomic E-state index is 10.9. The normalized spacial score (nSPS) is 10.4. The van der Waals surface area contributed by atoms with Gasteiger partial charge in [0.25, 0.3) is 0 Å². The van der Waals surface area contributed by atoms with E-state index in [1.165, 1.54) is 6.92 Å². The van der Waals surface area contributed by atoms with Gasteiger partial charge in [-0.3, -0.25) is 4.79 Å². The van der Waals surface area contributed by atoms with Gasteiger partial charge in [-0.2, -0.15) is 0 Å². The molecule has 0 unspecified atom stereocenters. The minimum absolute atomic E-state index is 0.00763. The fourth-order valence-electron chi connectivity index (χ4n) is 1.86. The standard InChI is InChI=1S/C15H17NO3/c1-11(18)16-10-12-2-3-14-9-15(19-7-6-17)5-4-13(14)8-12/h2-5,8-9,17H,6-7,10H2,1H3,(H,16,18). The van der Waals surface area contributed by atoms with E-state index in [1.54, 1.807) is 0 Å². The molecule has 2 aromatic carbocycles. The van der Waals surface area contributed by atoms with Gasteiger partial charge >= 0.3 is 0 Å². The van der Waals surface area contributed by atoms with Crippen LogP contribution in [0.4, 0.5) is 0 Å². The first-order valence-corrected chi connectivity index (χ1v) is 6.20. The zero-order chi connectivity index (χ0) is 13.7. The maximum Gasteiger partial charge on any atom is 0.217 e. The van der Waals surface area contributed by atoms with Crippen LogP contribution in [0.2, 0.25) is 0 Å². The highest BCUT2D eigenvalue weighted by Gasteiger charge is 2.00. The molecule has 0 heterocycles. The van der Waals surface area contributed by atoms with Gasteiger partial charge in [0.1, 0.15) is 12.4 Å². The Morgan fingerprint density at radius 2 is 1.95 bits per heavy atom. The first-order valence-electron chi connectivity index (χ1n) is 6.20. The van der Waals surface area contributed by atoms with Crippen molar-refractivity contribution in [2.45, 2.75) is 13.5 Å². The fraction of sp³-hybridized carbons (Fsp3) is 0.267. The molecule has 100 valence electrons. The van der Waals surface area contributed by atoms with Crippen LogP contribution in [0.25, 0.3) is 10.8 Å². The van der Waals surface area contributed by atoms with Crippen LogP contribution in [0, 0.1) is 0 Å². The summed E-state index contributed by atoms with van der Waals surface area (Å²) in [6.07, 6.45) is 0. The molecule has 1 amide bonds. The molecule has 0 aliphatic rings. The fourth-order valence-corrected chi connectivity index (χ4v) is 1.86. The van der Waals surface area contributed by atoms with Crippen molar-refractivity contribution in [2.24, 2.45) is 0 Å². The molecule has 2 N–H and O–H groups in total. The van der Waals surface area contributed by atoms with Crippen molar-refractivity contribution < 1.29 is 14.6 Å². The second-order valence-corrected chi connectivity index (χ2v) is 4.33. The minimum atomic E-state index is -0.0344. The summed E-state index contributed by atoms with van der Waals surface area (Å²) in [5.74, 6) is 0.712. The number of aliphatic hydroxyl groups excluding tert-OH is 1. The van der Waals surface area contributed by atoms with Crippen molar-refractivity contribution in [2.75, 3.05) is 13.2 Å². The van der Waals surface area contributed by atoms with Gasteiger partial charge in [-0.1, -0.05) is 18.2 Å². The van der Waals surface area contributed by atoms with E-state index in [-0.39, 0.29) is 12.5 Å². The molecule has 0 saturated carbocycles. The number of benzene rings is 2. The van der Waals surface area contributed by atoms with Crippen molar-refractivity contribution in [3.05, 3.63) is 42.0 Å². The van der Waals surface area contributed by atoms with Crippen LogP contribution < -0.4 is 10.1 Å². The number of ether oxygens (including phenoxy) is 1. The van der Waals surface area contributed by atoms with Crippen LogP contribution in [0.3, 0.4) is 0 Å². The second kappa shape index (κ2) is 6.20. The Morgan fingerprint density at radius 3 is 2.68 bits per heavy atom. The molecule has 2 rings (SSSR count). The molecule has 4 heteroatoms. The summed E-state index contributed by atoms with van der Waals surface area (Å²) in [6, 6.07) is 11.8. The SMILES string of the molecule is CC(=O)NCc1ccc2cc(OCCO)ccc2c1. The highest BCUT2D eigenvalue weighted by atomic mass is 16.5. The van der Waals surface area contributed by atoms with Gasteiger partial charge in [0, 0.05) is 13.5 Å². The van der Waals surface area contributed by atoms with E-state index in [2.05, 4.69) is 5.32 Å². The molecule has 0 radical (unpaired) electrons. The molecule has 2 aromatic rings. The number of carbonyl (C=O) groups is 1. The second-order valence-electron chi connectivity index (χ2n) is 4.33. The molecule has 0 atom stereocenters. The smallest absolute Gasteiger partial charge is 0.217 e. The molecule has 4 nitrogen and oxygen atoms in total. The van der Waals surface area contributed by atoms with Crippen molar-refractivity contribution >= 4 is 16.7 Å². The average molecular weight is 259 g/mol. The molecular weight excluding hydrogens is 242 g/mol. The highest BCUT2D eigenvalue weighted by Crippen LogP contribution is 2.22. The molecule has 19 heavy (non-hydrogen) atoms. The first-order chi connectivity index (χ1) is 9.19. The first kappa shape index (κ1) is 13.4. The summed E-state index contributed by atoms with van der Waals surface area (Å²) in [5, 5.41) is 13.7. The van der Waals surface area contributed by atoms with E-state index >= 15 is 0 Å².